The second kappa shape index (κ2) is 6.74. The van der Waals surface area contributed by atoms with Crippen molar-refractivity contribution in [3.05, 3.63) is 62.0 Å². The molecule has 2 nitrogen and oxygen atoms in total. The van der Waals surface area contributed by atoms with E-state index in [9.17, 15) is 0 Å². The van der Waals surface area contributed by atoms with E-state index in [2.05, 4.69) is 80.5 Å². The van der Waals surface area contributed by atoms with Crippen molar-refractivity contribution >= 4 is 31.9 Å². The third-order valence-electron chi connectivity index (χ3n) is 3.31. The maximum Gasteiger partial charge on any atom is 0.124 e. The zero-order valence-corrected chi connectivity index (χ0v) is 14.9. The summed E-state index contributed by atoms with van der Waals surface area (Å²) in [6, 6.07) is 12.6. The van der Waals surface area contributed by atoms with Gasteiger partial charge in [0, 0.05) is 14.5 Å². The summed E-state index contributed by atoms with van der Waals surface area (Å²) in [6.45, 7) is 2.06. The van der Waals surface area contributed by atoms with Gasteiger partial charge >= 0.3 is 0 Å². The van der Waals surface area contributed by atoms with Gasteiger partial charge in [-0.15, -0.1) is 0 Å². The summed E-state index contributed by atoms with van der Waals surface area (Å²) >= 11 is 7.07. The third-order valence-corrected chi connectivity index (χ3v) is 4.70. The maximum atomic E-state index is 5.54. The first kappa shape index (κ1) is 15.5. The smallest absolute Gasteiger partial charge is 0.124 e. The molecule has 1 N–H and O–H groups in total. The summed E-state index contributed by atoms with van der Waals surface area (Å²) in [5, 5.41) is 3.36. The van der Waals surface area contributed by atoms with Crippen molar-refractivity contribution in [3.8, 4) is 5.75 Å². The van der Waals surface area contributed by atoms with Crippen molar-refractivity contribution in [1.82, 2.24) is 5.32 Å². The molecule has 0 amide bonds. The molecule has 0 saturated carbocycles. The van der Waals surface area contributed by atoms with E-state index in [-0.39, 0.29) is 6.04 Å². The molecule has 0 aromatic heterocycles. The Morgan fingerprint density at radius 3 is 2.30 bits per heavy atom. The Balaban J connectivity index is 2.51. The van der Waals surface area contributed by atoms with Gasteiger partial charge in [0.25, 0.3) is 0 Å². The van der Waals surface area contributed by atoms with Crippen molar-refractivity contribution in [3.63, 3.8) is 0 Å². The molecule has 0 aliphatic heterocycles. The van der Waals surface area contributed by atoms with Crippen molar-refractivity contribution in [2.45, 2.75) is 13.0 Å². The second-order valence-corrected chi connectivity index (χ2v) is 6.39. The van der Waals surface area contributed by atoms with Crippen LogP contribution < -0.4 is 10.1 Å². The molecule has 20 heavy (non-hydrogen) atoms. The van der Waals surface area contributed by atoms with E-state index in [4.69, 9.17) is 4.74 Å². The van der Waals surface area contributed by atoms with E-state index >= 15 is 0 Å². The minimum absolute atomic E-state index is 0.0925. The monoisotopic (exact) mass is 397 g/mol. The Hall–Kier alpha value is -0.840. The van der Waals surface area contributed by atoms with Gasteiger partial charge in [0.05, 0.1) is 13.2 Å². The molecular formula is C16H17Br2NO. The molecule has 1 atom stereocenters. The maximum absolute atomic E-state index is 5.54. The number of aryl methyl sites for hydroxylation is 1. The number of methoxy groups -OCH3 is 1. The average molecular weight is 399 g/mol. The number of hydrogen-bond donors (Lipinski definition) is 1. The van der Waals surface area contributed by atoms with E-state index in [1.165, 1.54) is 5.56 Å². The van der Waals surface area contributed by atoms with Crippen molar-refractivity contribution in [2.75, 3.05) is 14.2 Å². The lowest BCUT2D eigenvalue weighted by Crippen LogP contribution is -2.18. The predicted octanol–water partition coefficient (Wildman–Crippen LogP) is 4.84. The zero-order chi connectivity index (χ0) is 14.7. The van der Waals surface area contributed by atoms with E-state index in [1.54, 1.807) is 7.11 Å². The summed E-state index contributed by atoms with van der Waals surface area (Å²) in [6.07, 6.45) is 0. The molecule has 0 heterocycles. The van der Waals surface area contributed by atoms with Gasteiger partial charge in [0.15, 0.2) is 0 Å². The molecule has 0 bridgehead atoms. The van der Waals surface area contributed by atoms with Gasteiger partial charge in [-0.25, -0.2) is 0 Å². The lowest BCUT2D eigenvalue weighted by molar-refractivity contribution is 0.405. The molecule has 1 unspecified atom stereocenters. The zero-order valence-electron chi connectivity index (χ0n) is 11.7. The minimum Gasteiger partial charge on any atom is -0.496 e. The van der Waals surface area contributed by atoms with Crippen LogP contribution in [-0.2, 0) is 0 Å². The van der Waals surface area contributed by atoms with Gasteiger partial charge < -0.3 is 10.1 Å². The van der Waals surface area contributed by atoms with Gasteiger partial charge in [-0.1, -0.05) is 44.0 Å². The summed E-state index contributed by atoms with van der Waals surface area (Å²) in [4.78, 5) is 0. The molecule has 0 aliphatic rings. The molecule has 0 fully saturated rings. The van der Waals surface area contributed by atoms with Crippen molar-refractivity contribution in [2.24, 2.45) is 0 Å². The Kier molecular flexibility index (Phi) is 5.24. The fourth-order valence-electron chi connectivity index (χ4n) is 2.23. The highest BCUT2D eigenvalue weighted by Gasteiger charge is 2.18. The lowest BCUT2D eigenvalue weighted by Gasteiger charge is -2.21. The molecule has 0 radical (unpaired) electrons. The van der Waals surface area contributed by atoms with Crippen LogP contribution >= 0.6 is 31.9 Å². The third kappa shape index (κ3) is 3.25. The largest absolute Gasteiger partial charge is 0.496 e. The quantitative estimate of drug-likeness (QED) is 0.795. The fraction of sp³-hybridized carbons (Fsp3) is 0.250. The van der Waals surface area contributed by atoms with Crippen molar-refractivity contribution in [1.29, 1.82) is 0 Å². The average Bonchev–Trinajstić information content (AvgIpc) is 2.45. The number of ether oxygens (including phenoxy) is 1. The summed E-state index contributed by atoms with van der Waals surface area (Å²) in [7, 11) is 3.67. The highest BCUT2D eigenvalue weighted by atomic mass is 79.9. The lowest BCUT2D eigenvalue weighted by atomic mass is 9.97. The van der Waals surface area contributed by atoms with Crippen LogP contribution in [0.1, 0.15) is 22.7 Å². The number of nitrogens with one attached hydrogen (secondary N) is 1. The summed E-state index contributed by atoms with van der Waals surface area (Å²) in [5.74, 6) is 0.896. The first-order valence-electron chi connectivity index (χ1n) is 6.33. The van der Waals surface area contributed by atoms with Gasteiger partial charge in [-0.05, 0) is 49.4 Å². The van der Waals surface area contributed by atoms with Gasteiger partial charge in [0.1, 0.15) is 5.75 Å². The van der Waals surface area contributed by atoms with E-state index < -0.39 is 0 Å². The van der Waals surface area contributed by atoms with Crippen LogP contribution in [0.2, 0.25) is 0 Å². The predicted molar refractivity (Wildman–Crippen MR) is 90.5 cm³/mol. The number of benzene rings is 2. The van der Waals surface area contributed by atoms with Gasteiger partial charge in [-0.3, -0.25) is 0 Å². The van der Waals surface area contributed by atoms with E-state index in [0.717, 1.165) is 25.8 Å². The Labute approximate surface area is 136 Å². The molecule has 2 aromatic carbocycles. The molecule has 106 valence electrons. The fourth-order valence-corrected chi connectivity index (χ4v) is 2.86. The molecule has 2 aromatic rings. The van der Waals surface area contributed by atoms with Crippen LogP contribution in [0.3, 0.4) is 0 Å². The number of hydrogen-bond acceptors (Lipinski definition) is 2. The molecule has 0 saturated heterocycles. The Morgan fingerprint density at radius 1 is 1.10 bits per heavy atom. The molecule has 0 spiro atoms. The topological polar surface area (TPSA) is 21.3 Å². The Morgan fingerprint density at radius 2 is 1.75 bits per heavy atom. The number of rotatable bonds is 4. The van der Waals surface area contributed by atoms with Crippen LogP contribution in [-0.4, -0.2) is 14.2 Å². The highest BCUT2D eigenvalue weighted by molar-refractivity contribution is 9.10. The van der Waals surface area contributed by atoms with E-state index in [1.807, 2.05) is 7.05 Å². The molecule has 0 aliphatic carbocycles. The second-order valence-electron chi connectivity index (χ2n) is 4.62. The van der Waals surface area contributed by atoms with Crippen LogP contribution in [0.5, 0.6) is 5.75 Å². The summed E-state index contributed by atoms with van der Waals surface area (Å²) in [5.41, 5.74) is 3.48. The highest BCUT2D eigenvalue weighted by Crippen LogP contribution is 2.34. The van der Waals surface area contributed by atoms with Crippen LogP contribution in [0.15, 0.2) is 45.3 Å². The normalized spacial score (nSPS) is 12.2. The minimum atomic E-state index is 0.0925. The van der Waals surface area contributed by atoms with Crippen LogP contribution in [0, 0.1) is 6.92 Å². The van der Waals surface area contributed by atoms with Gasteiger partial charge in [0.2, 0.25) is 0 Å². The first-order chi connectivity index (χ1) is 9.56. The van der Waals surface area contributed by atoms with E-state index in [0.29, 0.717) is 0 Å². The summed E-state index contributed by atoms with van der Waals surface area (Å²) < 4.78 is 7.70. The SMILES string of the molecule is CNC(c1ccc(Br)cc1)c1cc(Br)c(C)cc1OC. The number of halogens is 2. The standard InChI is InChI=1S/C16H17Br2NO/c1-10-8-15(20-3)13(9-14(10)18)16(19-2)11-4-6-12(17)7-5-11/h4-9,16,19H,1-3H3. The van der Waals surface area contributed by atoms with Crippen LogP contribution in [0.25, 0.3) is 0 Å². The molecule has 2 rings (SSSR count). The first-order valence-corrected chi connectivity index (χ1v) is 7.92. The molecular weight excluding hydrogens is 382 g/mol. The van der Waals surface area contributed by atoms with Crippen LogP contribution in [0.4, 0.5) is 0 Å². The van der Waals surface area contributed by atoms with Crippen molar-refractivity contribution < 1.29 is 4.74 Å². The Bertz CT molecular complexity index is 596. The molecule has 4 heteroatoms. The van der Waals surface area contributed by atoms with Gasteiger partial charge in [-0.2, -0.15) is 0 Å².